The zero-order valence-corrected chi connectivity index (χ0v) is 20.1. The normalized spacial score (nSPS) is 21.8. The third-order valence-electron chi connectivity index (χ3n) is 7.77. The summed E-state index contributed by atoms with van der Waals surface area (Å²) in [4.78, 5) is 14.7. The van der Waals surface area contributed by atoms with Crippen molar-refractivity contribution in [1.29, 1.82) is 0 Å². The van der Waals surface area contributed by atoms with Gasteiger partial charge in [-0.2, -0.15) is 13.2 Å². The third-order valence-corrected chi connectivity index (χ3v) is 7.77. The molecule has 0 bridgehead atoms. The topological polar surface area (TPSA) is 50.8 Å². The molecule has 1 amide bonds. The summed E-state index contributed by atoms with van der Waals surface area (Å²) >= 11 is 0. The molecule has 2 aliphatic rings. The van der Waals surface area contributed by atoms with E-state index in [1.165, 1.54) is 36.3 Å². The smallest absolute Gasteiger partial charge is 0.430 e. The first kappa shape index (κ1) is 26.3. The van der Waals surface area contributed by atoms with Crippen LogP contribution in [-0.4, -0.2) is 57.4 Å². The maximum atomic E-state index is 14.4. The number of nitrogens with one attached hydrogen (secondary N) is 1. The van der Waals surface area contributed by atoms with Gasteiger partial charge in [0.25, 0.3) is 11.5 Å². The summed E-state index contributed by atoms with van der Waals surface area (Å²) in [6, 6.07) is 9.06. The van der Waals surface area contributed by atoms with Crippen molar-refractivity contribution in [3.63, 3.8) is 0 Å². The molecular weight excluding hydrogens is 483 g/mol. The van der Waals surface area contributed by atoms with E-state index in [0.717, 1.165) is 19.2 Å². The third kappa shape index (κ3) is 4.34. The van der Waals surface area contributed by atoms with E-state index >= 15 is 0 Å². The van der Waals surface area contributed by atoms with Crippen molar-refractivity contribution in [2.24, 2.45) is 5.41 Å². The molecule has 0 aliphatic carbocycles. The van der Waals surface area contributed by atoms with Crippen molar-refractivity contribution < 1.29 is 36.2 Å². The second kappa shape index (κ2) is 9.97. The van der Waals surface area contributed by atoms with Crippen molar-refractivity contribution in [1.82, 2.24) is 10.2 Å². The fraction of sp³-hybridized carbons (Fsp3) is 0.500. The van der Waals surface area contributed by atoms with Gasteiger partial charge in [-0.3, -0.25) is 4.79 Å². The van der Waals surface area contributed by atoms with Crippen molar-refractivity contribution in [3.8, 4) is 5.75 Å². The van der Waals surface area contributed by atoms with Crippen LogP contribution in [0.3, 0.4) is 0 Å². The molecule has 0 unspecified atom stereocenters. The first-order valence-electron chi connectivity index (χ1n) is 11.8. The highest BCUT2D eigenvalue weighted by molar-refractivity contribution is 5.88. The molecule has 0 saturated carbocycles. The maximum Gasteiger partial charge on any atom is 0.430 e. The lowest BCUT2D eigenvalue weighted by Gasteiger charge is -2.51. The van der Waals surface area contributed by atoms with Crippen LogP contribution in [0.1, 0.15) is 36.3 Å². The number of hydrogen-bond acceptors (Lipinski definition) is 4. The van der Waals surface area contributed by atoms with Crippen molar-refractivity contribution >= 4 is 5.91 Å². The first-order valence-corrected chi connectivity index (χ1v) is 11.8. The Labute approximate surface area is 206 Å². The molecule has 2 heterocycles. The molecule has 2 aromatic rings. The number of carbonyl (C=O) groups is 1. The number of carbonyl (C=O) groups excluding carboxylic acids is 1. The van der Waals surface area contributed by atoms with Crippen LogP contribution in [0.25, 0.3) is 0 Å². The number of amides is 1. The molecule has 1 N–H and O–H groups in total. The average molecular weight is 513 g/mol. The van der Waals surface area contributed by atoms with E-state index in [4.69, 9.17) is 9.47 Å². The molecule has 2 atom stereocenters. The number of ether oxygens (including phenoxy) is 2. The van der Waals surface area contributed by atoms with Crippen molar-refractivity contribution in [2.45, 2.75) is 37.0 Å². The number of piperidine rings is 2. The van der Waals surface area contributed by atoms with Crippen LogP contribution in [0, 0.1) is 17.0 Å². The number of nitrogens with zero attached hydrogens (tertiary/aromatic N) is 1. The van der Waals surface area contributed by atoms with Gasteiger partial charge in [0.2, 0.25) is 0 Å². The van der Waals surface area contributed by atoms with Crippen LogP contribution in [0.5, 0.6) is 5.75 Å². The fourth-order valence-corrected chi connectivity index (χ4v) is 5.79. The van der Waals surface area contributed by atoms with Crippen LogP contribution in [0.2, 0.25) is 0 Å². The molecule has 0 radical (unpaired) electrons. The van der Waals surface area contributed by atoms with E-state index in [2.05, 4.69) is 5.32 Å². The van der Waals surface area contributed by atoms with Crippen LogP contribution in [-0.2, 0) is 15.1 Å². The summed E-state index contributed by atoms with van der Waals surface area (Å²) in [5, 5.41) is 3.28. The van der Waals surface area contributed by atoms with Gasteiger partial charge in [0.05, 0.1) is 7.11 Å². The molecule has 2 saturated heterocycles. The number of benzene rings is 2. The molecule has 0 aromatic heterocycles. The minimum Gasteiger partial charge on any atom is -0.496 e. The van der Waals surface area contributed by atoms with Gasteiger partial charge in [-0.25, -0.2) is 8.78 Å². The van der Waals surface area contributed by atoms with E-state index in [-0.39, 0.29) is 30.3 Å². The molecule has 4 rings (SSSR count). The van der Waals surface area contributed by atoms with Gasteiger partial charge in [0.1, 0.15) is 5.75 Å². The van der Waals surface area contributed by atoms with Crippen LogP contribution < -0.4 is 10.1 Å². The standard InChI is InChI=1S/C26H29F5N2O3/c1-35-22-15-21(28)20(27)14-18(22)19-16-32-11-8-24(19)9-12-33(13-10-24)23(34)25(36-2,26(29,30)31)17-6-4-3-5-7-17/h3-7,14-15,19,32H,8-13,16H2,1-2H3/t19-,25+/m0/s1. The number of hydrogen-bond donors (Lipinski definition) is 1. The summed E-state index contributed by atoms with van der Waals surface area (Å²) in [5.41, 5.74) is -3.30. The minimum atomic E-state index is -4.98. The second-order valence-electron chi connectivity index (χ2n) is 9.42. The molecule has 2 fully saturated rings. The lowest BCUT2D eigenvalue weighted by Crippen LogP contribution is -2.59. The van der Waals surface area contributed by atoms with Crippen molar-refractivity contribution in [3.05, 3.63) is 65.2 Å². The van der Waals surface area contributed by atoms with Gasteiger partial charge in [0, 0.05) is 49.9 Å². The summed E-state index contributed by atoms with van der Waals surface area (Å²) in [7, 11) is 2.27. The monoisotopic (exact) mass is 512 g/mol. The summed E-state index contributed by atoms with van der Waals surface area (Å²) in [5.74, 6) is -3.21. The zero-order chi connectivity index (χ0) is 26.1. The molecule has 196 valence electrons. The Balaban J connectivity index is 1.63. The zero-order valence-electron chi connectivity index (χ0n) is 20.1. The van der Waals surface area contributed by atoms with Crippen LogP contribution in [0.4, 0.5) is 22.0 Å². The second-order valence-corrected chi connectivity index (χ2v) is 9.42. The predicted molar refractivity (Wildman–Crippen MR) is 123 cm³/mol. The Hall–Kier alpha value is -2.72. The summed E-state index contributed by atoms with van der Waals surface area (Å²) in [6.07, 6.45) is -3.50. The summed E-state index contributed by atoms with van der Waals surface area (Å²) < 4.78 is 81.5. The van der Waals surface area contributed by atoms with E-state index in [9.17, 15) is 26.7 Å². The average Bonchev–Trinajstić information content (AvgIpc) is 2.87. The lowest BCUT2D eigenvalue weighted by molar-refractivity contribution is -0.271. The Kier molecular flexibility index (Phi) is 7.30. The lowest BCUT2D eigenvalue weighted by atomic mass is 9.62. The van der Waals surface area contributed by atoms with Gasteiger partial charge in [-0.1, -0.05) is 30.3 Å². The number of alkyl halides is 3. The SMILES string of the molecule is COc1cc(F)c(F)cc1[C@@H]1CNCCC12CCN(C(=O)[C@](OC)(c1ccccc1)C(F)(F)F)CC2. The number of halogens is 5. The molecule has 2 aromatic carbocycles. The van der Waals surface area contributed by atoms with Gasteiger partial charge in [-0.15, -0.1) is 0 Å². The molecule has 10 heteroatoms. The Morgan fingerprint density at radius 1 is 1.03 bits per heavy atom. The van der Waals surface area contributed by atoms with Gasteiger partial charge in [0.15, 0.2) is 11.6 Å². The van der Waals surface area contributed by atoms with Crippen LogP contribution >= 0.6 is 0 Å². The maximum absolute atomic E-state index is 14.4. The Morgan fingerprint density at radius 3 is 2.25 bits per heavy atom. The van der Waals surface area contributed by atoms with E-state index in [1.54, 1.807) is 6.07 Å². The highest BCUT2D eigenvalue weighted by Crippen LogP contribution is 2.52. The van der Waals surface area contributed by atoms with Crippen LogP contribution in [0.15, 0.2) is 42.5 Å². The van der Waals surface area contributed by atoms with Gasteiger partial charge < -0.3 is 19.7 Å². The number of likely N-dealkylation sites (tertiary alicyclic amines) is 1. The van der Waals surface area contributed by atoms with Gasteiger partial charge in [-0.05, 0) is 37.3 Å². The van der Waals surface area contributed by atoms with Crippen molar-refractivity contribution in [2.75, 3.05) is 40.4 Å². The number of methoxy groups -OCH3 is 2. The quantitative estimate of drug-likeness (QED) is 0.587. The van der Waals surface area contributed by atoms with E-state index in [0.29, 0.717) is 37.9 Å². The predicted octanol–water partition coefficient (Wildman–Crippen LogP) is 4.76. The Morgan fingerprint density at radius 2 is 1.67 bits per heavy atom. The summed E-state index contributed by atoms with van der Waals surface area (Å²) in [6.45, 7) is 1.31. The molecular formula is C26H29F5N2O3. The number of rotatable bonds is 5. The van der Waals surface area contributed by atoms with E-state index in [1.807, 2.05) is 0 Å². The molecule has 5 nitrogen and oxygen atoms in total. The Bertz CT molecular complexity index is 1090. The minimum absolute atomic E-state index is 0.0787. The molecule has 1 spiro atoms. The highest BCUT2D eigenvalue weighted by atomic mass is 19.4. The molecule has 2 aliphatic heterocycles. The highest BCUT2D eigenvalue weighted by Gasteiger charge is 2.64. The fourth-order valence-electron chi connectivity index (χ4n) is 5.79. The largest absolute Gasteiger partial charge is 0.496 e. The van der Waals surface area contributed by atoms with E-state index < -0.39 is 34.7 Å². The first-order chi connectivity index (χ1) is 17.1. The molecule has 36 heavy (non-hydrogen) atoms. The van der Waals surface area contributed by atoms with Gasteiger partial charge >= 0.3 is 6.18 Å².